The Balaban J connectivity index is 1.78. The molecule has 0 spiro atoms. The highest BCUT2D eigenvalue weighted by molar-refractivity contribution is 7.10. The Morgan fingerprint density at radius 3 is 2.70 bits per heavy atom. The van der Waals surface area contributed by atoms with Crippen molar-refractivity contribution in [2.75, 3.05) is 0 Å². The Morgan fingerprint density at radius 2 is 2.00 bits per heavy atom. The lowest BCUT2D eigenvalue weighted by molar-refractivity contribution is -0.118. The van der Waals surface area contributed by atoms with Crippen molar-refractivity contribution in [3.63, 3.8) is 0 Å². The van der Waals surface area contributed by atoms with Crippen LogP contribution in [0.4, 0.5) is 0 Å². The number of hydrogen-bond donors (Lipinski definition) is 0. The van der Waals surface area contributed by atoms with Crippen molar-refractivity contribution in [3.05, 3.63) is 77.0 Å². The maximum Gasteiger partial charge on any atom is 0.181 e. The second-order valence-electron chi connectivity index (χ2n) is 5.58. The van der Waals surface area contributed by atoms with Crippen LogP contribution in [-0.4, -0.2) is 20.5 Å². The molecule has 114 valence electrons. The third kappa shape index (κ3) is 2.64. The monoisotopic (exact) mass is 321 g/mol. The van der Waals surface area contributed by atoms with Crippen LogP contribution in [0.3, 0.4) is 0 Å². The zero-order valence-corrected chi connectivity index (χ0v) is 13.2. The summed E-state index contributed by atoms with van der Waals surface area (Å²) in [6, 6.07) is 13.9. The summed E-state index contributed by atoms with van der Waals surface area (Å²) in [6.07, 6.45) is 5.70. The molecule has 3 aromatic rings. The van der Waals surface area contributed by atoms with Crippen molar-refractivity contribution in [1.82, 2.24) is 14.8 Å². The van der Waals surface area contributed by atoms with Gasteiger partial charge in [0.15, 0.2) is 5.78 Å². The molecular weight excluding hydrogens is 306 g/mol. The average molecular weight is 321 g/mol. The van der Waals surface area contributed by atoms with Crippen molar-refractivity contribution in [2.45, 2.75) is 18.4 Å². The number of hydrogen-bond acceptors (Lipinski definition) is 4. The van der Waals surface area contributed by atoms with Crippen molar-refractivity contribution in [2.24, 2.45) is 0 Å². The quantitative estimate of drug-likeness (QED) is 0.738. The highest BCUT2D eigenvalue weighted by Gasteiger charge is 2.36. The van der Waals surface area contributed by atoms with Crippen LogP contribution >= 0.6 is 11.3 Å². The number of carbonyl (C=O) groups is 1. The maximum absolute atomic E-state index is 12.8. The van der Waals surface area contributed by atoms with Crippen molar-refractivity contribution in [3.8, 4) is 0 Å². The normalized spacial score (nSPS) is 21.2. The predicted molar refractivity (Wildman–Crippen MR) is 90.2 cm³/mol. The third-order valence-electron chi connectivity index (χ3n) is 4.20. The van der Waals surface area contributed by atoms with Gasteiger partial charge in [0, 0.05) is 10.8 Å². The summed E-state index contributed by atoms with van der Waals surface area (Å²) in [5, 5.41) is 6.26. The fraction of sp³-hybridized carbons (Fsp3) is 0.167. The summed E-state index contributed by atoms with van der Waals surface area (Å²) in [6.45, 7) is 0. The first-order valence-electron chi connectivity index (χ1n) is 7.50. The van der Waals surface area contributed by atoms with Gasteiger partial charge in [-0.05, 0) is 35.1 Å². The van der Waals surface area contributed by atoms with E-state index in [4.69, 9.17) is 0 Å². The molecule has 0 N–H and O–H groups in total. The zero-order valence-electron chi connectivity index (χ0n) is 12.4. The van der Waals surface area contributed by atoms with E-state index in [0.717, 1.165) is 17.6 Å². The van der Waals surface area contributed by atoms with Crippen molar-refractivity contribution < 1.29 is 4.79 Å². The van der Waals surface area contributed by atoms with Crippen LogP contribution in [0.5, 0.6) is 0 Å². The standard InChI is InChI=1S/C18H15N3OS/c22-16-10-14(13-5-2-1-3-6-13)9-15(17-7-4-8-23-17)18(16)21-12-19-11-20-21/h1-8,10-12,15,18H,9H2/t15-,18-/m0/s1. The molecule has 0 unspecified atom stereocenters. The van der Waals surface area contributed by atoms with E-state index in [1.807, 2.05) is 24.3 Å². The van der Waals surface area contributed by atoms with Gasteiger partial charge in [-0.3, -0.25) is 4.79 Å². The van der Waals surface area contributed by atoms with Gasteiger partial charge in [0.25, 0.3) is 0 Å². The number of thiophene rings is 1. The van der Waals surface area contributed by atoms with Crippen LogP contribution in [0.1, 0.15) is 28.8 Å². The SMILES string of the molecule is O=C1C=C(c2ccccc2)C[C@@H](c2cccs2)[C@@H]1n1cncn1. The molecule has 0 saturated heterocycles. The summed E-state index contributed by atoms with van der Waals surface area (Å²) in [7, 11) is 0. The van der Waals surface area contributed by atoms with Gasteiger partial charge in [-0.15, -0.1) is 11.3 Å². The number of nitrogens with zero attached hydrogens (tertiary/aromatic N) is 3. The van der Waals surface area contributed by atoms with Crippen LogP contribution in [0, 0.1) is 0 Å². The van der Waals surface area contributed by atoms with E-state index in [1.54, 1.807) is 28.4 Å². The fourth-order valence-electron chi connectivity index (χ4n) is 3.15. The molecule has 2 aromatic heterocycles. The Morgan fingerprint density at radius 1 is 1.13 bits per heavy atom. The van der Waals surface area contributed by atoms with Gasteiger partial charge >= 0.3 is 0 Å². The van der Waals surface area contributed by atoms with E-state index >= 15 is 0 Å². The predicted octanol–water partition coefficient (Wildman–Crippen LogP) is 3.72. The summed E-state index contributed by atoms with van der Waals surface area (Å²) < 4.78 is 1.69. The number of ketones is 1. The molecule has 1 aliphatic rings. The minimum absolute atomic E-state index is 0.0824. The van der Waals surface area contributed by atoms with Gasteiger partial charge in [0.2, 0.25) is 0 Å². The van der Waals surface area contributed by atoms with Crippen LogP contribution in [0.25, 0.3) is 5.57 Å². The summed E-state index contributed by atoms with van der Waals surface area (Å²) >= 11 is 1.69. The zero-order chi connectivity index (χ0) is 15.6. The largest absolute Gasteiger partial charge is 0.292 e. The Hall–Kier alpha value is -2.53. The Kier molecular flexibility index (Phi) is 3.63. The van der Waals surface area contributed by atoms with Gasteiger partial charge in [-0.25, -0.2) is 9.67 Å². The molecule has 5 heteroatoms. The molecule has 23 heavy (non-hydrogen) atoms. The van der Waals surface area contributed by atoms with E-state index < -0.39 is 0 Å². The molecule has 4 rings (SSSR count). The first-order valence-corrected chi connectivity index (χ1v) is 8.38. The molecule has 2 atom stereocenters. The summed E-state index contributed by atoms with van der Waals surface area (Å²) in [5.41, 5.74) is 2.20. The lowest BCUT2D eigenvalue weighted by Gasteiger charge is -2.29. The molecule has 1 aromatic carbocycles. The van der Waals surface area contributed by atoms with Gasteiger partial charge in [-0.2, -0.15) is 5.10 Å². The lowest BCUT2D eigenvalue weighted by atomic mass is 9.80. The van der Waals surface area contributed by atoms with Crippen molar-refractivity contribution >= 4 is 22.7 Å². The van der Waals surface area contributed by atoms with Gasteiger partial charge in [-0.1, -0.05) is 36.4 Å². The Labute approximate surface area is 138 Å². The molecule has 1 aliphatic carbocycles. The Bertz CT molecular complexity index is 823. The minimum Gasteiger partial charge on any atom is -0.292 e. The molecular formula is C18H15N3OS. The topological polar surface area (TPSA) is 47.8 Å². The van der Waals surface area contributed by atoms with Crippen LogP contribution in [-0.2, 0) is 4.79 Å². The van der Waals surface area contributed by atoms with Gasteiger partial charge < -0.3 is 0 Å². The van der Waals surface area contributed by atoms with E-state index in [2.05, 4.69) is 33.7 Å². The van der Waals surface area contributed by atoms with E-state index in [1.165, 1.54) is 11.2 Å². The molecule has 0 bridgehead atoms. The minimum atomic E-state index is -0.316. The molecule has 0 amide bonds. The molecule has 0 saturated carbocycles. The molecule has 0 radical (unpaired) electrons. The first-order chi connectivity index (χ1) is 11.3. The number of benzene rings is 1. The smallest absolute Gasteiger partial charge is 0.181 e. The molecule has 0 aliphatic heterocycles. The van der Waals surface area contributed by atoms with Crippen molar-refractivity contribution in [1.29, 1.82) is 0 Å². The average Bonchev–Trinajstić information content (AvgIpc) is 3.28. The number of aromatic nitrogens is 3. The van der Waals surface area contributed by atoms with Crippen LogP contribution < -0.4 is 0 Å². The van der Waals surface area contributed by atoms with E-state index in [-0.39, 0.29) is 17.7 Å². The number of carbonyl (C=O) groups excluding carboxylic acids is 1. The van der Waals surface area contributed by atoms with Gasteiger partial charge in [0.05, 0.1) is 0 Å². The van der Waals surface area contributed by atoms with E-state index in [9.17, 15) is 4.79 Å². The number of allylic oxidation sites excluding steroid dienone is 2. The maximum atomic E-state index is 12.8. The summed E-state index contributed by atoms with van der Waals surface area (Å²) in [4.78, 5) is 18.0. The lowest BCUT2D eigenvalue weighted by Crippen LogP contribution is -2.28. The van der Waals surface area contributed by atoms with E-state index in [0.29, 0.717) is 0 Å². The van der Waals surface area contributed by atoms with Gasteiger partial charge in [0.1, 0.15) is 18.7 Å². The number of rotatable bonds is 3. The fourth-order valence-corrected chi connectivity index (χ4v) is 4.01. The third-order valence-corrected chi connectivity index (χ3v) is 5.21. The molecule has 4 nitrogen and oxygen atoms in total. The summed E-state index contributed by atoms with van der Waals surface area (Å²) in [5.74, 6) is 0.170. The second-order valence-corrected chi connectivity index (χ2v) is 6.56. The second kappa shape index (κ2) is 5.93. The van der Waals surface area contributed by atoms with Crippen LogP contribution in [0.2, 0.25) is 0 Å². The highest BCUT2D eigenvalue weighted by Crippen LogP contribution is 2.43. The highest BCUT2D eigenvalue weighted by atomic mass is 32.1. The first kappa shape index (κ1) is 14.1. The molecule has 2 heterocycles. The van der Waals surface area contributed by atoms with Crippen LogP contribution in [0.15, 0.2) is 66.6 Å². The molecule has 0 fully saturated rings.